The molecule has 1 aromatic heterocycles. The molecule has 1 heterocycles. The lowest BCUT2D eigenvalue weighted by Gasteiger charge is -2.25. The van der Waals surface area contributed by atoms with Gasteiger partial charge in [-0.1, -0.05) is 11.6 Å². The van der Waals surface area contributed by atoms with Crippen LogP contribution in [-0.4, -0.2) is 35.2 Å². The normalized spacial score (nSPS) is 11.4. The molecule has 0 N–H and O–H groups in total. The number of nitrogens with zero attached hydrogens (tertiary/aromatic N) is 4. The molecule has 0 saturated heterocycles. The number of quaternary nitrogens is 1. The van der Waals surface area contributed by atoms with E-state index in [0.29, 0.717) is 10.6 Å². The third kappa shape index (κ3) is 3.01. The molecule has 0 atom stereocenters. The van der Waals surface area contributed by atoms with E-state index < -0.39 is 0 Å². The van der Waals surface area contributed by atoms with E-state index in [4.69, 9.17) is 11.6 Å². The van der Waals surface area contributed by atoms with Crippen LogP contribution in [0.3, 0.4) is 0 Å². The predicted octanol–water partition coefficient (Wildman–Crippen LogP) is 2.91. The van der Waals surface area contributed by atoms with E-state index in [-0.39, 0.29) is 0 Å². The minimum Gasteiger partial charge on any atom is -0.326 e. The summed E-state index contributed by atoms with van der Waals surface area (Å²) in [4.78, 5) is 4.39. The Labute approximate surface area is 124 Å². The zero-order valence-corrected chi connectivity index (χ0v) is 12.9. The largest absolute Gasteiger partial charge is 0.326 e. The van der Waals surface area contributed by atoms with Crippen LogP contribution in [0.25, 0.3) is 5.69 Å². The van der Waals surface area contributed by atoms with Crippen LogP contribution in [0.5, 0.6) is 0 Å². The number of benzene rings is 1. The van der Waals surface area contributed by atoms with Crippen molar-refractivity contribution < 1.29 is 4.48 Å². The Balaban J connectivity index is 2.57. The van der Waals surface area contributed by atoms with Gasteiger partial charge in [0.25, 0.3) is 0 Å². The summed E-state index contributed by atoms with van der Waals surface area (Å²) in [5.74, 6) is 0. The van der Waals surface area contributed by atoms with Crippen LogP contribution >= 0.6 is 11.6 Å². The minimum absolute atomic E-state index is 0.553. The van der Waals surface area contributed by atoms with Crippen molar-refractivity contribution in [1.82, 2.24) is 9.55 Å². The molecule has 1 aromatic carbocycles. The Morgan fingerprint density at radius 2 is 2.05 bits per heavy atom. The van der Waals surface area contributed by atoms with Gasteiger partial charge in [0.15, 0.2) is 0 Å². The first kappa shape index (κ1) is 14.6. The van der Waals surface area contributed by atoms with Gasteiger partial charge >= 0.3 is 0 Å². The molecule has 0 amide bonds. The molecule has 104 valence electrons. The summed E-state index contributed by atoms with van der Waals surface area (Å²) >= 11 is 5.96. The summed E-state index contributed by atoms with van der Waals surface area (Å²) < 4.78 is 2.77. The number of aryl methyl sites for hydroxylation is 1. The summed E-state index contributed by atoms with van der Waals surface area (Å²) in [7, 11) is 6.39. The van der Waals surface area contributed by atoms with Crippen LogP contribution in [0.1, 0.15) is 17.0 Å². The standard InChI is InChI=1S/C15H18ClN4/c1-11-15(9-20(2,3)4)19(10-18-11)14-6-5-13(16)7-12(14)8-17/h5-7,10H,9H2,1-4H3/q+1. The molecular formula is C15H18ClN4+. The van der Waals surface area contributed by atoms with E-state index in [1.165, 1.54) is 0 Å². The zero-order valence-electron chi connectivity index (χ0n) is 12.2. The van der Waals surface area contributed by atoms with Gasteiger partial charge in [-0.05, 0) is 25.1 Å². The van der Waals surface area contributed by atoms with Gasteiger partial charge < -0.3 is 4.48 Å². The van der Waals surface area contributed by atoms with Crippen LogP contribution in [-0.2, 0) is 6.54 Å². The van der Waals surface area contributed by atoms with E-state index >= 15 is 0 Å². The molecule has 0 bridgehead atoms. The van der Waals surface area contributed by atoms with Crippen LogP contribution in [0.2, 0.25) is 5.02 Å². The highest BCUT2D eigenvalue weighted by molar-refractivity contribution is 6.30. The molecule has 0 radical (unpaired) electrons. The lowest BCUT2D eigenvalue weighted by atomic mass is 10.2. The van der Waals surface area contributed by atoms with Crippen molar-refractivity contribution in [3.8, 4) is 11.8 Å². The molecule has 0 aliphatic heterocycles. The highest BCUT2D eigenvalue weighted by Gasteiger charge is 2.18. The van der Waals surface area contributed by atoms with E-state index in [1.807, 2.05) is 17.6 Å². The average molecular weight is 290 g/mol. The predicted molar refractivity (Wildman–Crippen MR) is 79.8 cm³/mol. The lowest BCUT2D eigenvalue weighted by molar-refractivity contribution is -0.884. The molecule has 0 saturated carbocycles. The smallest absolute Gasteiger partial charge is 0.121 e. The van der Waals surface area contributed by atoms with Gasteiger partial charge in [-0.2, -0.15) is 5.26 Å². The first-order chi connectivity index (χ1) is 9.31. The monoisotopic (exact) mass is 289 g/mol. The van der Waals surface area contributed by atoms with Gasteiger partial charge in [0.1, 0.15) is 18.3 Å². The SMILES string of the molecule is Cc1ncn(-c2ccc(Cl)cc2C#N)c1C[N+](C)(C)C. The maximum atomic E-state index is 9.29. The van der Waals surface area contributed by atoms with Gasteiger partial charge in [-0.15, -0.1) is 0 Å². The average Bonchev–Trinajstić information content (AvgIpc) is 2.69. The molecule has 0 spiro atoms. The van der Waals surface area contributed by atoms with Crippen molar-refractivity contribution in [2.24, 2.45) is 0 Å². The zero-order chi connectivity index (χ0) is 14.9. The first-order valence-electron chi connectivity index (χ1n) is 6.35. The Morgan fingerprint density at radius 3 is 2.65 bits per heavy atom. The highest BCUT2D eigenvalue weighted by Crippen LogP contribution is 2.23. The number of imidazole rings is 1. The number of aromatic nitrogens is 2. The van der Waals surface area contributed by atoms with Crippen molar-refractivity contribution >= 4 is 11.6 Å². The van der Waals surface area contributed by atoms with Gasteiger partial charge in [0, 0.05) is 5.02 Å². The molecule has 5 heteroatoms. The van der Waals surface area contributed by atoms with Gasteiger partial charge in [0.05, 0.1) is 44.4 Å². The molecule has 0 unspecified atom stereocenters. The van der Waals surface area contributed by atoms with E-state index in [2.05, 4.69) is 32.2 Å². The highest BCUT2D eigenvalue weighted by atomic mass is 35.5. The molecule has 4 nitrogen and oxygen atoms in total. The molecule has 0 aliphatic carbocycles. The molecule has 20 heavy (non-hydrogen) atoms. The van der Waals surface area contributed by atoms with Crippen LogP contribution in [0.4, 0.5) is 0 Å². The fourth-order valence-electron chi connectivity index (χ4n) is 2.12. The van der Waals surface area contributed by atoms with Crippen LogP contribution in [0, 0.1) is 18.3 Å². The third-order valence-corrected chi connectivity index (χ3v) is 3.27. The fourth-order valence-corrected chi connectivity index (χ4v) is 2.29. The molecule has 2 rings (SSSR count). The Kier molecular flexibility index (Phi) is 3.85. The van der Waals surface area contributed by atoms with Crippen LogP contribution < -0.4 is 0 Å². The topological polar surface area (TPSA) is 41.6 Å². The second-order valence-corrected chi connectivity index (χ2v) is 6.30. The minimum atomic E-state index is 0.553. The van der Waals surface area contributed by atoms with E-state index in [0.717, 1.165) is 28.1 Å². The van der Waals surface area contributed by atoms with E-state index in [1.54, 1.807) is 18.5 Å². The Hall–Kier alpha value is -1.83. The summed E-state index contributed by atoms with van der Waals surface area (Å²) in [6.45, 7) is 2.82. The third-order valence-electron chi connectivity index (χ3n) is 3.04. The quantitative estimate of drug-likeness (QED) is 0.815. The number of nitriles is 1. The maximum absolute atomic E-state index is 9.29. The van der Waals surface area contributed by atoms with Crippen molar-refractivity contribution in [1.29, 1.82) is 5.26 Å². The fraction of sp³-hybridized carbons (Fsp3) is 0.333. The lowest BCUT2D eigenvalue weighted by Crippen LogP contribution is -2.34. The Morgan fingerprint density at radius 1 is 1.35 bits per heavy atom. The van der Waals surface area contributed by atoms with E-state index in [9.17, 15) is 5.26 Å². The second kappa shape index (κ2) is 5.28. The Bertz CT molecular complexity index is 674. The second-order valence-electron chi connectivity index (χ2n) is 5.87. The summed E-state index contributed by atoms with van der Waals surface area (Å²) in [5.41, 5.74) is 3.46. The van der Waals surface area contributed by atoms with Crippen molar-refractivity contribution in [3.63, 3.8) is 0 Å². The molecular weight excluding hydrogens is 272 g/mol. The molecule has 2 aromatic rings. The maximum Gasteiger partial charge on any atom is 0.121 e. The number of rotatable bonds is 3. The first-order valence-corrected chi connectivity index (χ1v) is 6.73. The van der Waals surface area contributed by atoms with Gasteiger partial charge in [-0.25, -0.2) is 4.98 Å². The summed E-state index contributed by atoms with van der Waals surface area (Å²) in [6, 6.07) is 7.54. The molecule has 0 aliphatic rings. The van der Waals surface area contributed by atoms with Crippen LogP contribution in [0.15, 0.2) is 24.5 Å². The summed E-state index contributed by atoms with van der Waals surface area (Å²) in [5, 5.41) is 9.85. The van der Waals surface area contributed by atoms with Gasteiger partial charge in [-0.3, -0.25) is 4.57 Å². The summed E-state index contributed by atoms with van der Waals surface area (Å²) in [6.07, 6.45) is 1.77. The molecule has 0 fully saturated rings. The number of hydrogen-bond acceptors (Lipinski definition) is 2. The van der Waals surface area contributed by atoms with Crippen molar-refractivity contribution in [2.45, 2.75) is 13.5 Å². The number of halogens is 1. The number of hydrogen-bond donors (Lipinski definition) is 0. The van der Waals surface area contributed by atoms with Crippen molar-refractivity contribution in [2.75, 3.05) is 21.1 Å². The van der Waals surface area contributed by atoms with Crippen molar-refractivity contribution in [3.05, 3.63) is 46.5 Å². The van der Waals surface area contributed by atoms with Gasteiger partial charge in [0.2, 0.25) is 0 Å².